The zero-order chi connectivity index (χ0) is 23.8. The molecule has 0 aliphatic heterocycles. The van der Waals surface area contributed by atoms with Crippen LogP contribution in [0.5, 0.6) is 5.75 Å². The van der Waals surface area contributed by atoms with E-state index < -0.39 is 0 Å². The fourth-order valence-corrected chi connectivity index (χ4v) is 5.50. The minimum absolute atomic E-state index is 0.799. The van der Waals surface area contributed by atoms with Crippen molar-refractivity contribution in [2.45, 2.75) is 117 Å². The lowest BCUT2D eigenvalue weighted by molar-refractivity contribution is 0.190. The number of nitrogens with zero attached hydrogens (tertiary/aromatic N) is 2. The maximum atomic E-state index is 6.07. The van der Waals surface area contributed by atoms with Gasteiger partial charge in [-0.25, -0.2) is 9.97 Å². The molecule has 188 valence electrons. The van der Waals surface area contributed by atoms with Crippen molar-refractivity contribution in [3.63, 3.8) is 0 Å². The van der Waals surface area contributed by atoms with Crippen LogP contribution in [0.25, 0.3) is 11.4 Å². The van der Waals surface area contributed by atoms with E-state index in [-0.39, 0.29) is 0 Å². The fourth-order valence-electron chi connectivity index (χ4n) is 5.50. The summed E-state index contributed by atoms with van der Waals surface area (Å²) in [6, 6.07) is 8.29. The van der Waals surface area contributed by atoms with E-state index in [0.717, 1.165) is 42.0 Å². The van der Waals surface area contributed by atoms with Crippen molar-refractivity contribution >= 4 is 0 Å². The van der Waals surface area contributed by atoms with Crippen molar-refractivity contribution in [3.05, 3.63) is 42.2 Å². The van der Waals surface area contributed by atoms with Crippen LogP contribution in [0, 0.1) is 11.8 Å². The van der Waals surface area contributed by atoms with Gasteiger partial charge in [-0.15, -0.1) is 0 Å². The Labute approximate surface area is 209 Å². The van der Waals surface area contributed by atoms with Gasteiger partial charge in [0, 0.05) is 18.0 Å². The highest BCUT2D eigenvalue weighted by atomic mass is 16.5. The van der Waals surface area contributed by atoms with Crippen LogP contribution in [0.2, 0.25) is 0 Å². The average Bonchev–Trinajstić information content (AvgIpc) is 2.88. The number of benzene rings is 1. The van der Waals surface area contributed by atoms with Crippen LogP contribution in [-0.4, -0.2) is 16.6 Å². The van der Waals surface area contributed by atoms with Gasteiger partial charge in [-0.1, -0.05) is 90.9 Å². The minimum atomic E-state index is 0.799. The SMILES string of the molecule is CCCCCCCc1cnc(-c2ccc(OCCCC3CCCCC3CCCCC)cc2)nc1. The first-order valence-corrected chi connectivity index (χ1v) is 14.3. The van der Waals surface area contributed by atoms with Crippen molar-refractivity contribution in [1.29, 1.82) is 0 Å². The Kier molecular flexibility index (Phi) is 12.5. The van der Waals surface area contributed by atoms with Crippen molar-refractivity contribution in [2.24, 2.45) is 11.8 Å². The quantitative estimate of drug-likeness (QED) is 0.232. The molecule has 0 radical (unpaired) electrons. The molecule has 1 aromatic heterocycles. The first-order valence-electron chi connectivity index (χ1n) is 14.3. The molecule has 1 aliphatic carbocycles. The van der Waals surface area contributed by atoms with Gasteiger partial charge in [0.05, 0.1) is 6.61 Å². The molecule has 3 nitrogen and oxygen atoms in total. The molecule has 0 saturated heterocycles. The van der Waals surface area contributed by atoms with E-state index >= 15 is 0 Å². The topological polar surface area (TPSA) is 35.0 Å². The Morgan fingerprint density at radius 3 is 2.03 bits per heavy atom. The molecule has 2 atom stereocenters. The highest BCUT2D eigenvalue weighted by molar-refractivity contribution is 5.55. The van der Waals surface area contributed by atoms with E-state index in [1.54, 1.807) is 0 Å². The molecular weight excluding hydrogens is 416 g/mol. The number of hydrogen-bond donors (Lipinski definition) is 0. The lowest BCUT2D eigenvalue weighted by Gasteiger charge is -2.31. The van der Waals surface area contributed by atoms with E-state index in [0.29, 0.717) is 0 Å². The van der Waals surface area contributed by atoms with Crippen LogP contribution in [0.3, 0.4) is 0 Å². The third kappa shape index (κ3) is 9.39. The maximum Gasteiger partial charge on any atom is 0.159 e. The van der Waals surface area contributed by atoms with Crippen LogP contribution in [0.1, 0.15) is 116 Å². The van der Waals surface area contributed by atoms with E-state index in [1.165, 1.54) is 102 Å². The highest BCUT2D eigenvalue weighted by Crippen LogP contribution is 2.36. The summed E-state index contributed by atoms with van der Waals surface area (Å²) in [5.41, 5.74) is 2.30. The fraction of sp³-hybridized carbons (Fsp3) is 0.677. The van der Waals surface area contributed by atoms with Crippen LogP contribution in [0.15, 0.2) is 36.7 Å². The first-order chi connectivity index (χ1) is 16.8. The molecular formula is C31H48N2O. The molecule has 1 aliphatic rings. The van der Waals surface area contributed by atoms with Gasteiger partial charge in [0.25, 0.3) is 0 Å². The van der Waals surface area contributed by atoms with Gasteiger partial charge in [0.15, 0.2) is 5.82 Å². The predicted molar refractivity (Wildman–Crippen MR) is 144 cm³/mol. The Bertz CT molecular complexity index is 771. The van der Waals surface area contributed by atoms with Crippen molar-refractivity contribution in [3.8, 4) is 17.1 Å². The Morgan fingerprint density at radius 1 is 0.735 bits per heavy atom. The van der Waals surface area contributed by atoms with Crippen LogP contribution < -0.4 is 4.74 Å². The molecule has 3 rings (SSSR count). The van der Waals surface area contributed by atoms with Gasteiger partial charge < -0.3 is 4.74 Å². The van der Waals surface area contributed by atoms with Crippen molar-refractivity contribution in [1.82, 2.24) is 9.97 Å². The molecule has 1 saturated carbocycles. The molecule has 0 amide bonds. The third-order valence-corrected chi connectivity index (χ3v) is 7.62. The van der Waals surface area contributed by atoms with Crippen molar-refractivity contribution in [2.75, 3.05) is 6.61 Å². The predicted octanol–water partition coefficient (Wildman–Crippen LogP) is 9.20. The van der Waals surface area contributed by atoms with Crippen LogP contribution in [0.4, 0.5) is 0 Å². The summed E-state index contributed by atoms with van der Waals surface area (Å²) in [5.74, 6) is 3.64. The van der Waals surface area contributed by atoms with Gasteiger partial charge in [-0.05, 0) is 67.3 Å². The standard InChI is InChI=1S/C31H48N2O/c1-3-5-7-8-10-14-26-24-32-31(33-25-26)29-19-21-30(22-20-29)34-23-13-18-28-17-12-11-16-27(28)15-9-6-4-2/h19-22,24-25,27-28H,3-18,23H2,1-2H3. The third-order valence-electron chi connectivity index (χ3n) is 7.62. The number of unbranched alkanes of at least 4 members (excludes halogenated alkanes) is 6. The van der Waals surface area contributed by atoms with Gasteiger partial charge in [0.2, 0.25) is 0 Å². The molecule has 34 heavy (non-hydrogen) atoms. The van der Waals surface area contributed by atoms with Gasteiger partial charge >= 0.3 is 0 Å². The second-order valence-corrected chi connectivity index (χ2v) is 10.4. The first kappa shape index (κ1) is 26.7. The summed E-state index contributed by atoms with van der Waals surface area (Å²) in [4.78, 5) is 9.21. The van der Waals surface area contributed by atoms with E-state index in [4.69, 9.17) is 4.74 Å². The summed E-state index contributed by atoms with van der Waals surface area (Å²) in [6.07, 6.45) is 25.4. The van der Waals surface area contributed by atoms with Crippen molar-refractivity contribution < 1.29 is 4.74 Å². The molecule has 1 fully saturated rings. The molecule has 0 spiro atoms. The van der Waals surface area contributed by atoms with Gasteiger partial charge in [-0.3, -0.25) is 0 Å². The molecule has 1 aromatic carbocycles. The molecule has 0 bridgehead atoms. The largest absolute Gasteiger partial charge is 0.494 e. The Balaban J connectivity index is 1.37. The van der Waals surface area contributed by atoms with E-state index in [1.807, 2.05) is 12.4 Å². The number of hydrogen-bond acceptors (Lipinski definition) is 3. The second kappa shape index (κ2) is 15.9. The zero-order valence-electron chi connectivity index (χ0n) is 21.9. The average molecular weight is 465 g/mol. The molecule has 2 unspecified atom stereocenters. The van der Waals surface area contributed by atoms with Crippen LogP contribution >= 0.6 is 0 Å². The number of ether oxygens (including phenoxy) is 1. The Morgan fingerprint density at radius 2 is 1.35 bits per heavy atom. The molecule has 3 heteroatoms. The second-order valence-electron chi connectivity index (χ2n) is 10.4. The number of aryl methyl sites for hydroxylation is 1. The maximum absolute atomic E-state index is 6.07. The number of aromatic nitrogens is 2. The minimum Gasteiger partial charge on any atom is -0.494 e. The summed E-state index contributed by atoms with van der Waals surface area (Å²) in [5, 5.41) is 0. The van der Waals surface area contributed by atoms with E-state index in [9.17, 15) is 0 Å². The van der Waals surface area contributed by atoms with Crippen LogP contribution in [-0.2, 0) is 6.42 Å². The molecule has 2 aromatic rings. The highest BCUT2D eigenvalue weighted by Gasteiger charge is 2.24. The summed E-state index contributed by atoms with van der Waals surface area (Å²) in [7, 11) is 0. The smallest absolute Gasteiger partial charge is 0.159 e. The summed E-state index contributed by atoms with van der Waals surface area (Å²) >= 11 is 0. The Hall–Kier alpha value is -1.90. The molecule has 0 N–H and O–H groups in total. The summed E-state index contributed by atoms with van der Waals surface area (Å²) in [6.45, 7) is 5.39. The summed E-state index contributed by atoms with van der Waals surface area (Å²) < 4.78 is 6.07. The lowest BCUT2D eigenvalue weighted by atomic mass is 9.74. The lowest BCUT2D eigenvalue weighted by Crippen LogP contribution is -2.20. The van der Waals surface area contributed by atoms with Gasteiger partial charge in [-0.2, -0.15) is 0 Å². The van der Waals surface area contributed by atoms with Gasteiger partial charge in [0.1, 0.15) is 5.75 Å². The zero-order valence-corrected chi connectivity index (χ0v) is 21.9. The monoisotopic (exact) mass is 464 g/mol. The normalized spacial score (nSPS) is 18.2. The number of rotatable bonds is 16. The molecule has 1 heterocycles. The van der Waals surface area contributed by atoms with E-state index in [2.05, 4.69) is 48.1 Å².